The molecule has 0 aliphatic carbocycles. The van der Waals surface area contributed by atoms with Gasteiger partial charge in [0, 0.05) is 11.6 Å². The minimum absolute atomic E-state index is 0.0757. The number of aromatic amines is 1. The summed E-state index contributed by atoms with van der Waals surface area (Å²) < 4.78 is 37.0. The normalized spacial score (nSPS) is 11.4. The van der Waals surface area contributed by atoms with Gasteiger partial charge in [0.15, 0.2) is 5.82 Å². The van der Waals surface area contributed by atoms with E-state index in [0.717, 1.165) is 12.5 Å². The molecule has 1 aromatic rings. The summed E-state index contributed by atoms with van der Waals surface area (Å²) in [5.74, 6) is 0.480. The first-order valence-electron chi connectivity index (χ1n) is 6.51. The van der Waals surface area contributed by atoms with Crippen molar-refractivity contribution in [2.24, 2.45) is 0 Å². The number of rotatable bonds is 5. The third-order valence-corrected chi connectivity index (χ3v) is 2.54. The number of anilines is 1. The second-order valence-electron chi connectivity index (χ2n) is 4.63. The largest absolute Gasteiger partial charge is 0.432 e. The first kappa shape index (κ1) is 18.3. The minimum Gasteiger partial charge on any atom is -0.367 e. The molecule has 0 aliphatic rings. The Hall–Kier alpha value is -1.66. The van der Waals surface area contributed by atoms with Crippen LogP contribution < -0.4 is 10.6 Å². The summed E-state index contributed by atoms with van der Waals surface area (Å²) in [4.78, 5) is 0. The standard InChI is InChI=1S/C11H17F3N4.C2H6/c1-5-10(3,4)16-7(2)15-9-6-8(17-18-9)11(12,13)14;1-2/h6,16H,2,5H2,1,3-4H3,(H2,15,17,18);1-2H3. The molecule has 4 nitrogen and oxygen atoms in total. The van der Waals surface area contributed by atoms with Crippen molar-refractivity contribution in [2.75, 3.05) is 5.32 Å². The number of H-pyrrole nitrogens is 1. The Bertz CT molecular complexity index is 421. The van der Waals surface area contributed by atoms with E-state index in [0.29, 0.717) is 5.82 Å². The molecular formula is C13H23F3N4. The summed E-state index contributed by atoms with van der Waals surface area (Å²) >= 11 is 0. The van der Waals surface area contributed by atoms with Crippen molar-refractivity contribution in [3.05, 3.63) is 24.2 Å². The maximum Gasteiger partial charge on any atom is 0.432 e. The molecule has 20 heavy (non-hydrogen) atoms. The average molecular weight is 292 g/mol. The first-order valence-corrected chi connectivity index (χ1v) is 6.51. The third kappa shape index (κ3) is 5.99. The van der Waals surface area contributed by atoms with Crippen LogP contribution in [0.1, 0.15) is 46.7 Å². The van der Waals surface area contributed by atoms with Gasteiger partial charge < -0.3 is 10.6 Å². The average Bonchev–Trinajstić information content (AvgIpc) is 2.79. The number of nitrogens with zero attached hydrogens (tertiary/aromatic N) is 1. The van der Waals surface area contributed by atoms with Crippen molar-refractivity contribution in [1.82, 2.24) is 15.5 Å². The summed E-state index contributed by atoms with van der Waals surface area (Å²) in [6.45, 7) is 13.6. The Kier molecular flexibility index (Phi) is 6.61. The van der Waals surface area contributed by atoms with Gasteiger partial charge in [-0.1, -0.05) is 27.4 Å². The van der Waals surface area contributed by atoms with Crippen LogP contribution in [0.3, 0.4) is 0 Å². The van der Waals surface area contributed by atoms with Crippen LogP contribution in [0.4, 0.5) is 19.0 Å². The van der Waals surface area contributed by atoms with Crippen molar-refractivity contribution in [3.63, 3.8) is 0 Å². The van der Waals surface area contributed by atoms with Gasteiger partial charge in [-0.3, -0.25) is 5.10 Å². The Morgan fingerprint density at radius 3 is 2.30 bits per heavy atom. The van der Waals surface area contributed by atoms with Gasteiger partial charge in [-0.25, -0.2) is 0 Å². The summed E-state index contributed by atoms with van der Waals surface area (Å²) in [6.07, 6.45) is -3.58. The van der Waals surface area contributed by atoms with Crippen molar-refractivity contribution >= 4 is 5.82 Å². The second-order valence-corrected chi connectivity index (χ2v) is 4.63. The molecule has 116 valence electrons. The molecule has 0 spiro atoms. The minimum atomic E-state index is -4.43. The predicted molar refractivity (Wildman–Crippen MR) is 75.2 cm³/mol. The molecule has 1 heterocycles. The van der Waals surface area contributed by atoms with E-state index in [1.807, 2.05) is 39.7 Å². The molecule has 0 unspecified atom stereocenters. The van der Waals surface area contributed by atoms with E-state index in [1.54, 1.807) is 0 Å². The summed E-state index contributed by atoms with van der Waals surface area (Å²) in [5, 5.41) is 11.2. The molecule has 3 N–H and O–H groups in total. The van der Waals surface area contributed by atoms with Crippen LogP contribution in [0.15, 0.2) is 18.5 Å². The van der Waals surface area contributed by atoms with E-state index >= 15 is 0 Å². The SMILES string of the molecule is C=C(Nc1cc(C(F)(F)F)[nH]n1)NC(C)(C)CC.CC. The highest BCUT2D eigenvalue weighted by molar-refractivity contribution is 5.41. The van der Waals surface area contributed by atoms with Gasteiger partial charge in [0.2, 0.25) is 0 Å². The van der Waals surface area contributed by atoms with Gasteiger partial charge in [0.1, 0.15) is 5.69 Å². The molecule has 7 heteroatoms. The van der Waals surface area contributed by atoms with Gasteiger partial charge >= 0.3 is 6.18 Å². The smallest absolute Gasteiger partial charge is 0.367 e. The number of hydrogen-bond donors (Lipinski definition) is 3. The Morgan fingerprint density at radius 1 is 1.35 bits per heavy atom. The lowest BCUT2D eigenvalue weighted by atomic mass is 10.0. The van der Waals surface area contributed by atoms with Gasteiger partial charge in [-0.05, 0) is 20.3 Å². The van der Waals surface area contributed by atoms with Crippen LogP contribution in [0, 0.1) is 0 Å². The zero-order valence-corrected chi connectivity index (χ0v) is 12.6. The Morgan fingerprint density at radius 2 is 1.90 bits per heavy atom. The summed E-state index contributed by atoms with van der Waals surface area (Å²) in [6, 6.07) is 0.895. The van der Waals surface area contributed by atoms with E-state index in [2.05, 4.69) is 22.3 Å². The zero-order valence-electron chi connectivity index (χ0n) is 12.6. The maximum atomic E-state index is 12.3. The van der Waals surface area contributed by atoms with Crippen molar-refractivity contribution < 1.29 is 13.2 Å². The molecule has 0 saturated heterocycles. The second kappa shape index (κ2) is 7.21. The van der Waals surface area contributed by atoms with Crippen molar-refractivity contribution in [2.45, 2.75) is 52.8 Å². The fourth-order valence-corrected chi connectivity index (χ4v) is 1.21. The highest BCUT2D eigenvalue weighted by Crippen LogP contribution is 2.28. The van der Waals surface area contributed by atoms with Crippen LogP contribution >= 0.6 is 0 Å². The molecule has 0 saturated carbocycles. The monoisotopic (exact) mass is 292 g/mol. The van der Waals surface area contributed by atoms with E-state index in [-0.39, 0.29) is 11.4 Å². The highest BCUT2D eigenvalue weighted by Gasteiger charge is 2.33. The predicted octanol–water partition coefficient (Wildman–Crippen LogP) is 4.12. The topological polar surface area (TPSA) is 52.7 Å². The first-order chi connectivity index (χ1) is 9.14. The lowest BCUT2D eigenvalue weighted by Crippen LogP contribution is -2.39. The fourth-order valence-electron chi connectivity index (χ4n) is 1.21. The van der Waals surface area contributed by atoms with E-state index in [1.165, 1.54) is 0 Å². The number of halogens is 3. The summed E-state index contributed by atoms with van der Waals surface area (Å²) in [7, 11) is 0. The Balaban J connectivity index is 0.00000172. The molecule has 0 atom stereocenters. The number of nitrogens with one attached hydrogen (secondary N) is 3. The van der Waals surface area contributed by atoms with Crippen molar-refractivity contribution in [1.29, 1.82) is 0 Å². The maximum absolute atomic E-state index is 12.3. The van der Waals surface area contributed by atoms with Crippen LogP contribution in [-0.4, -0.2) is 15.7 Å². The number of aromatic nitrogens is 2. The highest BCUT2D eigenvalue weighted by atomic mass is 19.4. The lowest BCUT2D eigenvalue weighted by Gasteiger charge is -2.27. The van der Waals surface area contributed by atoms with Crippen LogP contribution in [-0.2, 0) is 6.18 Å². The fraction of sp³-hybridized carbons (Fsp3) is 0.615. The van der Waals surface area contributed by atoms with Crippen LogP contribution in [0.5, 0.6) is 0 Å². The third-order valence-electron chi connectivity index (χ3n) is 2.54. The van der Waals surface area contributed by atoms with E-state index in [4.69, 9.17) is 0 Å². The van der Waals surface area contributed by atoms with E-state index in [9.17, 15) is 13.2 Å². The molecular weight excluding hydrogens is 269 g/mol. The Labute approximate surface area is 117 Å². The van der Waals surface area contributed by atoms with Gasteiger partial charge in [0.05, 0.1) is 5.82 Å². The van der Waals surface area contributed by atoms with Gasteiger partial charge in [-0.2, -0.15) is 18.3 Å². The lowest BCUT2D eigenvalue weighted by molar-refractivity contribution is -0.141. The van der Waals surface area contributed by atoms with E-state index < -0.39 is 11.9 Å². The zero-order chi connectivity index (χ0) is 16.0. The van der Waals surface area contributed by atoms with Crippen LogP contribution in [0.25, 0.3) is 0 Å². The van der Waals surface area contributed by atoms with Gasteiger partial charge in [-0.15, -0.1) is 0 Å². The van der Waals surface area contributed by atoms with Crippen molar-refractivity contribution in [3.8, 4) is 0 Å². The van der Waals surface area contributed by atoms with Crippen LogP contribution in [0.2, 0.25) is 0 Å². The van der Waals surface area contributed by atoms with Gasteiger partial charge in [0.25, 0.3) is 0 Å². The molecule has 1 rings (SSSR count). The quantitative estimate of drug-likeness (QED) is 0.765. The molecule has 0 aliphatic heterocycles. The summed E-state index contributed by atoms with van der Waals surface area (Å²) in [5.41, 5.74) is -1.08. The molecule has 0 aromatic carbocycles. The molecule has 0 amide bonds. The molecule has 1 aromatic heterocycles. The molecule has 0 bridgehead atoms. The molecule has 0 radical (unpaired) electrons. The number of hydrogen-bond acceptors (Lipinski definition) is 3. The number of alkyl halides is 3. The molecule has 0 fully saturated rings.